The summed E-state index contributed by atoms with van der Waals surface area (Å²) in [4.78, 5) is 16.9. The molecule has 0 atom stereocenters. The van der Waals surface area contributed by atoms with Crippen molar-refractivity contribution in [3.8, 4) is 10.6 Å². The Morgan fingerprint density at radius 1 is 1.15 bits per heavy atom. The highest BCUT2D eigenvalue weighted by molar-refractivity contribution is 7.13. The van der Waals surface area contributed by atoms with Gasteiger partial charge < -0.3 is 9.73 Å². The second kappa shape index (κ2) is 7.37. The van der Waals surface area contributed by atoms with E-state index in [1.54, 1.807) is 23.2 Å². The smallest absolute Gasteiger partial charge is 0.231 e. The number of nitrogens with one attached hydrogen (secondary N) is 1. The number of aromatic nitrogens is 3. The summed E-state index contributed by atoms with van der Waals surface area (Å²) in [7, 11) is 0. The highest BCUT2D eigenvalue weighted by Crippen LogP contribution is 2.23. The van der Waals surface area contributed by atoms with Crippen LogP contribution in [0.15, 0.2) is 70.8 Å². The zero-order chi connectivity index (χ0) is 17.8. The second-order valence-corrected chi connectivity index (χ2v) is 6.55. The van der Waals surface area contributed by atoms with Crippen LogP contribution < -0.4 is 5.32 Å². The maximum absolute atomic E-state index is 12.4. The summed E-state index contributed by atoms with van der Waals surface area (Å²) < 4.78 is 7.01. The molecule has 1 N–H and O–H groups in total. The molecule has 4 aromatic rings. The van der Waals surface area contributed by atoms with Crippen LogP contribution in [0.25, 0.3) is 10.6 Å². The predicted octanol–water partition coefficient (Wildman–Crippen LogP) is 3.83. The summed E-state index contributed by atoms with van der Waals surface area (Å²) in [6, 6.07) is 15.4. The Kier molecular flexibility index (Phi) is 4.61. The van der Waals surface area contributed by atoms with Gasteiger partial charge in [0.1, 0.15) is 23.1 Å². The SMILES string of the molecule is O=C(Cc1csc(-c2ccccc2)n1)Nc1ccnn1Cc1ccco1. The van der Waals surface area contributed by atoms with Gasteiger partial charge in [0.25, 0.3) is 0 Å². The fourth-order valence-electron chi connectivity index (χ4n) is 2.57. The molecule has 1 aromatic carbocycles. The lowest BCUT2D eigenvalue weighted by molar-refractivity contribution is -0.115. The van der Waals surface area contributed by atoms with Crippen molar-refractivity contribution in [2.45, 2.75) is 13.0 Å². The molecule has 3 heterocycles. The number of amides is 1. The summed E-state index contributed by atoms with van der Waals surface area (Å²) in [5, 5.41) is 9.94. The number of benzene rings is 1. The van der Waals surface area contributed by atoms with Gasteiger partial charge in [-0.25, -0.2) is 9.67 Å². The maximum Gasteiger partial charge on any atom is 0.231 e. The van der Waals surface area contributed by atoms with E-state index in [0.29, 0.717) is 12.4 Å². The summed E-state index contributed by atoms with van der Waals surface area (Å²) in [6.45, 7) is 0.463. The molecule has 0 fully saturated rings. The van der Waals surface area contributed by atoms with E-state index in [9.17, 15) is 4.79 Å². The number of carbonyl (C=O) groups excluding carboxylic acids is 1. The van der Waals surface area contributed by atoms with Gasteiger partial charge in [0.15, 0.2) is 0 Å². The van der Waals surface area contributed by atoms with Crippen LogP contribution in [0.5, 0.6) is 0 Å². The first-order chi connectivity index (χ1) is 12.8. The van der Waals surface area contributed by atoms with E-state index in [1.807, 2.05) is 47.8 Å². The molecular weight excluding hydrogens is 348 g/mol. The minimum Gasteiger partial charge on any atom is -0.467 e. The molecule has 3 aromatic heterocycles. The molecule has 26 heavy (non-hydrogen) atoms. The van der Waals surface area contributed by atoms with Crippen LogP contribution in [0.1, 0.15) is 11.5 Å². The molecule has 130 valence electrons. The number of hydrogen-bond donors (Lipinski definition) is 1. The molecule has 4 rings (SSSR count). The normalized spacial score (nSPS) is 10.8. The van der Waals surface area contributed by atoms with E-state index < -0.39 is 0 Å². The third-order valence-electron chi connectivity index (χ3n) is 3.78. The van der Waals surface area contributed by atoms with E-state index >= 15 is 0 Å². The Bertz CT molecular complexity index is 990. The zero-order valence-corrected chi connectivity index (χ0v) is 14.6. The van der Waals surface area contributed by atoms with Gasteiger partial charge in [0.2, 0.25) is 5.91 Å². The number of carbonyl (C=O) groups is 1. The van der Waals surface area contributed by atoms with E-state index in [0.717, 1.165) is 22.0 Å². The minimum atomic E-state index is -0.129. The average Bonchev–Trinajstić information content (AvgIpc) is 3.40. The van der Waals surface area contributed by atoms with E-state index in [1.165, 1.54) is 11.3 Å². The Hall–Kier alpha value is -3.19. The van der Waals surface area contributed by atoms with Gasteiger partial charge in [0, 0.05) is 17.0 Å². The molecule has 0 radical (unpaired) electrons. The number of anilines is 1. The highest BCUT2D eigenvalue weighted by atomic mass is 32.1. The number of furan rings is 1. The van der Waals surface area contributed by atoms with Crippen molar-refractivity contribution in [3.63, 3.8) is 0 Å². The molecule has 0 aliphatic heterocycles. The van der Waals surface area contributed by atoms with Crippen LogP contribution in [0.4, 0.5) is 5.82 Å². The number of nitrogens with zero attached hydrogens (tertiary/aromatic N) is 3. The lowest BCUT2D eigenvalue weighted by Gasteiger charge is -2.07. The lowest BCUT2D eigenvalue weighted by atomic mass is 10.2. The van der Waals surface area contributed by atoms with Crippen molar-refractivity contribution in [1.82, 2.24) is 14.8 Å². The summed E-state index contributed by atoms with van der Waals surface area (Å²) in [5.74, 6) is 1.28. The minimum absolute atomic E-state index is 0.129. The quantitative estimate of drug-likeness (QED) is 0.564. The van der Waals surface area contributed by atoms with Crippen molar-refractivity contribution in [2.24, 2.45) is 0 Å². The molecule has 0 spiro atoms. The van der Waals surface area contributed by atoms with Gasteiger partial charge in [-0.3, -0.25) is 4.79 Å². The van der Waals surface area contributed by atoms with E-state index in [-0.39, 0.29) is 12.3 Å². The summed E-state index contributed by atoms with van der Waals surface area (Å²) >= 11 is 1.54. The van der Waals surface area contributed by atoms with Crippen LogP contribution >= 0.6 is 11.3 Å². The molecule has 0 saturated heterocycles. The van der Waals surface area contributed by atoms with Crippen molar-refractivity contribution >= 4 is 23.1 Å². The molecule has 1 amide bonds. The molecule has 0 bridgehead atoms. The first-order valence-corrected chi connectivity index (χ1v) is 9.00. The fourth-order valence-corrected chi connectivity index (χ4v) is 3.39. The monoisotopic (exact) mass is 364 g/mol. The van der Waals surface area contributed by atoms with Gasteiger partial charge in [-0.05, 0) is 12.1 Å². The zero-order valence-electron chi connectivity index (χ0n) is 13.8. The summed E-state index contributed by atoms with van der Waals surface area (Å²) in [6.07, 6.45) is 3.48. The summed E-state index contributed by atoms with van der Waals surface area (Å²) in [5.41, 5.74) is 1.81. The largest absolute Gasteiger partial charge is 0.467 e. The molecular formula is C19H16N4O2S. The third kappa shape index (κ3) is 3.73. The molecule has 7 heteroatoms. The topological polar surface area (TPSA) is 73.0 Å². The predicted molar refractivity (Wildman–Crippen MR) is 99.9 cm³/mol. The van der Waals surface area contributed by atoms with Crippen LogP contribution in [-0.2, 0) is 17.8 Å². The molecule has 0 aliphatic carbocycles. The Morgan fingerprint density at radius 3 is 2.85 bits per heavy atom. The molecule has 0 aliphatic rings. The van der Waals surface area contributed by atoms with Gasteiger partial charge in [-0.15, -0.1) is 11.3 Å². The van der Waals surface area contributed by atoms with Gasteiger partial charge in [-0.1, -0.05) is 30.3 Å². The first-order valence-electron chi connectivity index (χ1n) is 8.12. The lowest BCUT2D eigenvalue weighted by Crippen LogP contribution is -2.18. The first kappa shape index (κ1) is 16.3. The van der Waals surface area contributed by atoms with Crippen LogP contribution in [0.3, 0.4) is 0 Å². The number of thiazole rings is 1. The molecule has 0 unspecified atom stereocenters. The van der Waals surface area contributed by atoms with Gasteiger partial charge in [0.05, 0.1) is 24.6 Å². The Labute approximate surface area is 154 Å². The van der Waals surface area contributed by atoms with Crippen molar-refractivity contribution in [2.75, 3.05) is 5.32 Å². The fraction of sp³-hybridized carbons (Fsp3) is 0.105. The maximum atomic E-state index is 12.4. The molecule has 6 nitrogen and oxygen atoms in total. The second-order valence-electron chi connectivity index (χ2n) is 5.69. The Balaban J connectivity index is 1.41. The highest BCUT2D eigenvalue weighted by Gasteiger charge is 2.12. The average molecular weight is 364 g/mol. The number of rotatable bonds is 6. The van der Waals surface area contributed by atoms with Crippen molar-refractivity contribution in [1.29, 1.82) is 0 Å². The Morgan fingerprint density at radius 2 is 2.04 bits per heavy atom. The van der Waals surface area contributed by atoms with E-state index in [2.05, 4.69) is 15.4 Å². The molecule has 0 saturated carbocycles. The van der Waals surface area contributed by atoms with Crippen LogP contribution in [0, 0.1) is 0 Å². The van der Waals surface area contributed by atoms with Crippen LogP contribution in [0.2, 0.25) is 0 Å². The third-order valence-corrected chi connectivity index (χ3v) is 4.72. The van der Waals surface area contributed by atoms with Crippen molar-refractivity contribution < 1.29 is 9.21 Å². The van der Waals surface area contributed by atoms with Crippen LogP contribution in [-0.4, -0.2) is 20.7 Å². The van der Waals surface area contributed by atoms with Crippen molar-refractivity contribution in [3.05, 3.63) is 77.8 Å². The number of hydrogen-bond acceptors (Lipinski definition) is 5. The van der Waals surface area contributed by atoms with Gasteiger partial charge in [-0.2, -0.15) is 5.10 Å². The standard InChI is InChI=1S/C19H16N4O2S/c24-18(11-15-13-26-19(21-15)14-5-2-1-3-6-14)22-17-8-9-20-23(17)12-16-7-4-10-25-16/h1-10,13H,11-12H2,(H,22,24). The van der Waals surface area contributed by atoms with E-state index in [4.69, 9.17) is 4.42 Å². The van der Waals surface area contributed by atoms with Gasteiger partial charge >= 0.3 is 0 Å².